The first-order chi connectivity index (χ1) is 17.1. The third-order valence-corrected chi connectivity index (χ3v) is 5.39. The first-order valence-electron chi connectivity index (χ1n) is 10.8. The lowest BCUT2D eigenvalue weighted by atomic mass is 10.1. The first kappa shape index (κ1) is 23.9. The van der Waals surface area contributed by atoms with Gasteiger partial charge in [0.25, 0.3) is 5.91 Å². The molecule has 4 aromatic rings. The lowest BCUT2D eigenvalue weighted by Crippen LogP contribution is -2.24. The van der Waals surface area contributed by atoms with Crippen LogP contribution in [0.2, 0.25) is 0 Å². The van der Waals surface area contributed by atoms with E-state index in [9.17, 15) is 9.59 Å². The van der Waals surface area contributed by atoms with Gasteiger partial charge in [-0.3, -0.25) is 4.79 Å². The van der Waals surface area contributed by atoms with Crippen molar-refractivity contribution in [3.63, 3.8) is 0 Å². The SMILES string of the molecule is O=C(COc1cccc2ccccc12)NN=Cc1cc(Br)ccc1OC(=O)C=Cc1ccccc1. The van der Waals surface area contributed by atoms with Crippen LogP contribution in [0.3, 0.4) is 0 Å². The van der Waals surface area contributed by atoms with Crippen molar-refractivity contribution in [2.45, 2.75) is 0 Å². The monoisotopic (exact) mass is 528 g/mol. The molecule has 0 aliphatic heterocycles. The second kappa shape index (κ2) is 11.8. The van der Waals surface area contributed by atoms with Gasteiger partial charge in [-0.1, -0.05) is 82.7 Å². The van der Waals surface area contributed by atoms with Gasteiger partial charge in [-0.25, -0.2) is 10.2 Å². The van der Waals surface area contributed by atoms with E-state index in [0.717, 1.165) is 20.8 Å². The van der Waals surface area contributed by atoms with E-state index in [-0.39, 0.29) is 6.61 Å². The summed E-state index contributed by atoms with van der Waals surface area (Å²) in [6, 6.07) is 28.0. The summed E-state index contributed by atoms with van der Waals surface area (Å²) in [6.07, 6.45) is 4.43. The van der Waals surface area contributed by atoms with E-state index in [4.69, 9.17) is 9.47 Å². The van der Waals surface area contributed by atoms with Gasteiger partial charge in [-0.2, -0.15) is 5.10 Å². The number of ether oxygens (including phenoxy) is 2. The minimum absolute atomic E-state index is 0.198. The number of halogens is 1. The fourth-order valence-corrected chi connectivity index (χ4v) is 3.63. The van der Waals surface area contributed by atoms with Gasteiger partial charge < -0.3 is 9.47 Å². The minimum atomic E-state index is -0.529. The lowest BCUT2D eigenvalue weighted by molar-refractivity contribution is -0.129. The van der Waals surface area contributed by atoms with Crippen molar-refractivity contribution in [1.29, 1.82) is 0 Å². The topological polar surface area (TPSA) is 77.0 Å². The molecule has 0 saturated heterocycles. The van der Waals surface area contributed by atoms with Crippen LogP contribution in [0.1, 0.15) is 11.1 Å². The van der Waals surface area contributed by atoms with Crippen LogP contribution in [-0.2, 0) is 9.59 Å². The van der Waals surface area contributed by atoms with Gasteiger partial charge in [0.15, 0.2) is 6.61 Å². The zero-order valence-electron chi connectivity index (χ0n) is 18.6. The molecule has 0 fully saturated rings. The van der Waals surface area contributed by atoms with Gasteiger partial charge in [-0.15, -0.1) is 0 Å². The van der Waals surface area contributed by atoms with E-state index in [1.165, 1.54) is 12.3 Å². The Bertz CT molecular complexity index is 1400. The number of hydrogen-bond donors (Lipinski definition) is 1. The summed E-state index contributed by atoms with van der Waals surface area (Å²) in [7, 11) is 0. The average molecular weight is 529 g/mol. The number of hydrazone groups is 1. The molecular weight excluding hydrogens is 508 g/mol. The quantitative estimate of drug-likeness (QED) is 0.104. The number of carbonyl (C=O) groups is 2. The van der Waals surface area contributed by atoms with Crippen LogP contribution in [0.15, 0.2) is 107 Å². The maximum atomic E-state index is 12.3. The van der Waals surface area contributed by atoms with Crippen molar-refractivity contribution in [1.82, 2.24) is 5.43 Å². The molecule has 0 saturated carbocycles. The summed E-state index contributed by atoms with van der Waals surface area (Å²) >= 11 is 3.39. The maximum absolute atomic E-state index is 12.3. The molecule has 174 valence electrons. The van der Waals surface area contributed by atoms with Gasteiger partial charge >= 0.3 is 5.97 Å². The normalized spacial score (nSPS) is 11.1. The van der Waals surface area contributed by atoms with Gasteiger partial charge in [0.2, 0.25) is 0 Å². The molecule has 0 aliphatic carbocycles. The van der Waals surface area contributed by atoms with Crippen LogP contribution in [0.25, 0.3) is 16.8 Å². The van der Waals surface area contributed by atoms with Crippen LogP contribution in [0, 0.1) is 0 Å². The summed E-state index contributed by atoms with van der Waals surface area (Å²) < 4.78 is 11.9. The molecule has 1 N–H and O–H groups in total. The van der Waals surface area contributed by atoms with Crippen molar-refractivity contribution in [3.05, 3.63) is 113 Å². The number of nitrogens with zero attached hydrogens (tertiary/aromatic N) is 1. The Balaban J connectivity index is 1.36. The van der Waals surface area contributed by atoms with Gasteiger partial charge in [0, 0.05) is 21.5 Å². The second-order valence-electron chi connectivity index (χ2n) is 7.41. The summed E-state index contributed by atoms with van der Waals surface area (Å²) in [5.41, 5.74) is 3.83. The smallest absolute Gasteiger partial charge is 0.336 e. The Labute approximate surface area is 211 Å². The summed E-state index contributed by atoms with van der Waals surface area (Å²) in [5.74, 6) is -0.0280. The number of nitrogens with one attached hydrogen (secondary N) is 1. The third kappa shape index (κ3) is 6.88. The second-order valence-corrected chi connectivity index (χ2v) is 8.32. The minimum Gasteiger partial charge on any atom is -0.483 e. The van der Waals surface area contributed by atoms with Crippen molar-refractivity contribution < 1.29 is 19.1 Å². The van der Waals surface area contributed by atoms with Gasteiger partial charge in [-0.05, 0) is 41.3 Å². The molecule has 35 heavy (non-hydrogen) atoms. The predicted molar refractivity (Wildman–Crippen MR) is 140 cm³/mol. The van der Waals surface area contributed by atoms with Crippen molar-refractivity contribution in [2.24, 2.45) is 5.10 Å². The number of hydrogen-bond acceptors (Lipinski definition) is 5. The number of carbonyl (C=O) groups excluding carboxylic acids is 2. The van der Waals surface area contributed by atoms with Gasteiger partial charge in [0.05, 0.1) is 6.21 Å². The summed E-state index contributed by atoms with van der Waals surface area (Å²) in [5, 5.41) is 5.93. The number of esters is 1. The molecule has 0 radical (unpaired) electrons. The Morgan fingerprint density at radius 1 is 0.886 bits per heavy atom. The molecule has 4 rings (SSSR count). The Hall–Kier alpha value is -4.23. The molecule has 0 aromatic heterocycles. The largest absolute Gasteiger partial charge is 0.483 e. The Morgan fingerprint density at radius 3 is 2.51 bits per heavy atom. The van der Waals surface area contributed by atoms with Gasteiger partial charge in [0.1, 0.15) is 11.5 Å². The summed E-state index contributed by atoms with van der Waals surface area (Å²) in [4.78, 5) is 24.5. The van der Waals surface area contributed by atoms with Crippen LogP contribution in [0.5, 0.6) is 11.5 Å². The highest BCUT2D eigenvalue weighted by Gasteiger charge is 2.08. The molecule has 0 spiro atoms. The number of benzene rings is 4. The molecule has 0 heterocycles. The highest BCUT2D eigenvalue weighted by molar-refractivity contribution is 9.10. The Kier molecular flexibility index (Phi) is 8.04. The predicted octanol–water partition coefficient (Wildman–Crippen LogP) is 5.75. The fraction of sp³-hybridized carbons (Fsp3) is 0.0357. The van der Waals surface area contributed by atoms with E-state index in [0.29, 0.717) is 17.1 Å². The van der Waals surface area contributed by atoms with Crippen LogP contribution >= 0.6 is 15.9 Å². The number of amides is 1. The highest BCUT2D eigenvalue weighted by Crippen LogP contribution is 2.25. The zero-order valence-corrected chi connectivity index (χ0v) is 20.1. The average Bonchev–Trinajstić information content (AvgIpc) is 2.88. The van der Waals surface area contributed by atoms with E-state index in [1.54, 1.807) is 24.3 Å². The molecular formula is C28H21BrN2O4. The number of fused-ring (bicyclic) bond motifs is 1. The third-order valence-electron chi connectivity index (χ3n) is 4.90. The standard InChI is InChI=1S/C28H21BrN2O4/c29-23-14-15-25(35-28(33)16-13-20-7-2-1-3-8-20)22(17-23)18-30-31-27(32)19-34-26-12-6-10-21-9-4-5-11-24(21)26/h1-18H,19H2,(H,31,32). The van der Waals surface area contributed by atoms with E-state index >= 15 is 0 Å². The summed E-state index contributed by atoms with van der Waals surface area (Å²) in [6.45, 7) is -0.198. The van der Waals surface area contributed by atoms with E-state index < -0.39 is 11.9 Å². The molecule has 4 aromatic carbocycles. The van der Waals surface area contributed by atoms with Crippen LogP contribution in [0.4, 0.5) is 0 Å². The van der Waals surface area contributed by atoms with Crippen molar-refractivity contribution in [2.75, 3.05) is 6.61 Å². The lowest BCUT2D eigenvalue weighted by Gasteiger charge is -2.08. The molecule has 0 aliphatic rings. The fourth-order valence-electron chi connectivity index (χ4n) is 3.25. The van der Waals surface area contributed by atoms with Crippen molar-refractivity contribution >= 4 is 50.9 Å². The molecule has 6 nitrogen and oxygen atoms in total. The first-order valence-corrected chi connectivity index (χ1v) is 11.5. The van der Waals surface area contributed by atoms with E-state index in [2.05, 4.69) is 26.5 Å². The van der Waals surface area contributed by atoms with E-state index in [1.807, 2.05) is 72.8 Å². The zero-order chi connectivity index (χ0) is 24.5. The highest BCUT2D eigenvalue weighted by atomic mass is 79.9. The molecule has 0 unspecified atom stereocenters. The molecule has 7 heteroatoms. The van der Waals surface area contributed by atoms with Crippen molar-refractivity contribution in [3.8, 4) is 11.5 Å². The van der Waals surface area contributed by atoms with Crippen LogP contribution in [-0.4, -0.2) is 24.7 Å². The molecule has 0 bridgehead atoms. The number of rotatable bonds is 8. The van der Waals surface area contributed by atoms with Crippen LogP contribution < -0.4 is 14.9 Å². The maximum Gasteiger partial charge on any atom is 0.336 e. The Morgan fingerprint density at radius 2 is 1.66 bits per heavy atom. The molecule has 1 amide bonds. The molecule has 0 atom stereocenters.